The topological polar surface area (TPSA) is 37.0 Å². The van der Waals surface area contributed by atoms with Gasteiger partial charge in [-0.25, -0.2) is 4.98 Å². The molecule has 3 rings (SSSR count). The van der Waals surface area contributed by atoms with Crippen LogP contribution in [-0.2, 0) is 0 Å². The lowest BCUT2D eigenvalue weighted by Gasteiger charge is -2.24. The number of aryl methyl sites for hydroxylation is 1. The first-order valence-electron chi connectivity index (χ1n) is 6.71. The molecule has 1 aromatic rings. The Kier molecular flexibility index (Phi) is 3.20. The Balaban J connectivity index is 1.58. The predicted octanol–water partition coefficient (Wildman–Crippen LogP) is 2.87. The zero-order valence-electron chi connectivity index (χ0n) is 10.6. The maximum atomic E-state index is 5.39. The van der Waals surface area contributed by atoms with Crippen molar-refractivity contribution in [3.8, 4) is 0 Å². The fraction of sp³-hybridized carbons (Fsp3) is 0.571. The van der Waals surface area contributed by atoms with Crippen molar-refractivity contribution in [2.24, 2.45) is 11.8 Å². The molecule has 96 valence electrons. The van der Waals surface area contributed by atoms with E-state index >= 15 is 0 Å². The molecule has 4 heteroatoms. The molecule has 2 N–H and O–H groups in total. The Labute approximate surface area is 113 Å². The van der Waals surface area contributed by atoms with Gasteiger partial charge in [-0.3, -0.25) is 0 Å². The van der Waals surface area contributed by atoms with Crippen molar-refractivity contribution in [3.63, 3.8) is 0 Å². The van der Waals surface area contributed by atoms with E-state index in [4.69, 9.17) is 12.2 Å². The van der Waals surface area contributed by atoms with Gasteiger partial charge in [-0.2, -0.15) is 0 Å². The SMILES string of the molecule is Cc1cccnc1NC(=S)N[C@@H]1C[C@H]2CC[C@@H]1C2. The number of anilines is 1. The van der Waals surface area contributed by atoms with Crippen LogP contribution in [0.5, 0.6) is 0 Å². The molecule has 2 saturated carbocycles. The normalized spacial score (nSPS) is 29.3. The van der Waals surface area contributed by atoms with Crippen molar-refractivity contribution in [3.05, 3.63) is 23.9 Å². The molecule has 0 unspecified atom stereocenters. The average Bonchev–Trinajstić information content (AvgIpc) is 2.94. The number of fused-ring (bicyclic) bond motifs is 2. The van der Waals surface area contributed by atoms with Crippen LogP contribution < -0.4 is 10.6 Å². The summed E-state index contributed by atoms with van der Waals surface area (Å²) >= 11 is 5.39. The number of pyridine rings is 1. The van der Waals surface area contributed by atoms with E-state index in [9.17, 15) is 0 Å². The van der Waals surface area contributed by atoms with E-state index < -0.39 is 0 Å². The molecule has 2 aliphatic carbocycles. The third kappa shape index (κ3) is 2.34. The zero-order valence-corrected chi connectivity index (χ0v) is 11.5. The largest absolute Gasteiger partial charge is 0.359 e. The second-order valence-electron chi connectivity index (χ2n) is 5.55. The number of nitrogens with one attached hydrogen (secondary N) is 2. The van der Waals surface area contributed by atoms with Crippen LogP contribution in [0, 0.1) is 18.8 Å². The fourth-order valence-electron chi connectivity index (χ4n) is 3.35. The molecule has 0 spiro atoms. The second-order valence-corrected chi connectivity index (χ2v) is 5.96. The molecular weight excluding hydrogens is 242 g/mol. The van der Waals surface area contributed by atoms with Crippen molar-refractivity contribution >= 4 is 23.1 Å². The lowest BCUT2D eigenvalue weighted by Crippen LogP contribution is -2.41. The van der Waals surface area contributed by atoms with Gasteiger partial charge in [-0.05, 0) is 61.9 Å². The summed E-state index contributed by atoms with van der Waals surface area (Å²) in [4.78, 5) is 4.30. The molecule has 0 amide bonds. The lowest BCUT2D eigenvalue weighted by atomic mass is 9.96. The zero-order chi connectivity index (χ0) is 12.5. The smallest absolute Gasteiger partial charge is 0.172 e. The van der Waals surface area contributed by atoms with Gasteiger partial charge in [-0.15, -0.1) is 0 Å². The van der Waals surface area contributed by atoms with Crippen molar-refractivity contribution < 1.29 is 0 Å². The minimum absolute atomic E-state index is 0.577. The van der Waals surface area contributed by atoms with Gasteiger partial charge in [0.1, 0.15) is 5.82 Å². The molecule has 0 saturated heterocycles. The van der Waals surface area contributed by atoms with Crippen LogP contribution >= 0.6 is 12.2 Å². The molecule has 2 fully saturated rings. The van der Waals surface area contributed by atoms with Gasteiger partial charge in [0, 0.05) is 12.2 Å². The number of hydrogen-bond acceptors (Lipinski definition) is 2. The standard InChI is InChI=1S/C14H19N3S/c1-9-3-2-6-15-13(9)17-14(18)16-12-8-10-4-5-11(12)7-10/h2-3,6,10-12H,4-5,7-8H2,1H3,(H2,15,16,17,18)/t10-,11+,12+/m0/s1. The number of hydrogen-bond donors (Lipinski definition) is 2. The second kappa shape index (κ2) is 4.84. The summed E-state index contributed by atoms with van der Waals surface area (Å²) in [5.41, 5.74) is 1.12. The van der Waals surface area contributed by atoms with Gasteiger partial charge in [0.15, 0.2) is 5.11 Å². The predicted molar refractivity (Wildman–Crippen MR) is 77.6 cm³/mol. The van der Waals surface area contributed by atoms with E-state index in [2.05, 4.69) is 15.6 Å². The van der Waals surface area contributed by atoms with Crippen LogP contribution in [0.15, 0.2) is 18.3 Å². The van der Waals surface area contributed by atoms with Gasteiger partial charge in [0.25, 0.3) is 0 Å². The van der Waals surface area contributed by atoms with Crippen molar-refractivity contribution in [2.75, 3.05) is 5.32 Å². The number of nitrogens with zero attached hydrogens (tertiary/aromatic N) is 1. The third-order valence-electron chi connectivity index (χ3n) is 4.30. The first-order valence-corrected chi connectivity index (χ1v) is 7.12. The first kappa shape index (κ1) is 11.9. The Morgan fingerprint density at radius 1 is 1.39 bits per heavy atom. The van der Waals surface area contributed by atoms with Crippen LogP contribution in [0.1, 0.15) is 31.2 Å². The Morgan fingerprint density at radius 3 is 2.94 bits per heavy atom. The van der Waals surface area contributed by atoms with E-state index in [0.29, 0.717) is 11.2 Å². The lowest BCUT2D eigenvalue weighted by molar-refractivity contribution is 0.392. The minimum Gasteiger partial charge on any atom is -0.359 e. The van der Waals surface area contributed by atoms with E-state index in [-0.39, 0.29) is 0 Å². The quantitative estimate of drug-likeness (QED) is 0.803. The summed E-state index contributed by atoms with van der Waals surface area (Å²) in [6.45, 7) is 2.04. The molecule has 1 aromatic heterocycles. The highest BCUT2D eigenvalue weighted by Crippen LogP contribution is 2.44. The number of rotatable bonds is 2. The van der Waals surface area contributed by atoms with Gasteiger partial charge >= 0.3 is 0 Å². The summed E-state index contributed by atoms with van der Waals surface area (Å²) in [6.07, 6.45) is 7.25. The van der Waals surface area contributed by atoms with Gasteiger partial charge < -0.3 is 10.6 Å². The number of thiocarbonyl (C=S) groups is 1. The summed E-state index contributed by atoms with van der Waals surface area (Å²) in [5.74, 6) is 2.63. The molecular formula is C14H19N3S. The fourth-order valence-corrected chi connectivity index (χ4v) is 3.60. The van der Waals surface area contributed by atoms with Crippen LogP contribution in [0.2, 0.25) is 0 Å². The summed E-state index contributed by atoms with van der Waals surface area (Å²) in [7, 11) is 0. The van der Waals surface area contributed by atoms with Crippen molar-refractivity contribution in [1.29, 1.82) is 0 Å². The first-order chi connectivity index (χ1) is 8.72. The van der Waals surface area contributed by atoms with E-state index in [0.717, 1.165) is 23.2 Å². The molecule has 2 bridgehead atoms. The molecule has 1 heterocycles. The van der Waals surface area contributed by atoms with Crippen molar-refractivity contribution in [1.82, 2.24) is 10.3 Å². The van der Waals surface area contributed by atoms with E-state index in [1.54, 1.807) is 6.20 Å². The van der Waals surface area contributed by atoms with Gasteiger partial charge in [0.2, 0.25) is 0 Å². The van der Waals surface area contributed by atoms with Gasteiger partial charge in [-0.1, -0.05) is 12.5 Å². The monoisotopic (exact) mass is 261 g/mol. The Hall–Kier alpha value is -1.16. The molecule has 3 nitrogen and oxygen atoms in total. The summed E-state index contributed by atoms with van der Waals surface area (Å²) in [6, 6.07) is 4.55. The highest BCUT2D eigenvalue weighted by atomic mass is 32.1. The highest BCUT2D eigenvalue weighted by molar-refractivity contribution is 7.80. The van der Waals surface area contributed by atoms with Crippen LogP contribution in [0.25, 0.3) is 0 Å². The van der Waals surface area contributed by atoms with E-state index in [1.807, 2.05) is 19.1 Å². The minimum atomic E-state index is 0.577. The molecule has 2 aliphatic rings. The Morgan fingerprint density at radius 2 is 2.28 bits per heavy atom. The maximum Gasteiger partial charge on any atom is 0.172 e. The van der Waals surface area contributed by atoms with Crippen molar-refractivity contribution in [2.45, 2.75) is 38.6 Å². The molecule has 3 atom stereocenters. The van der Waals surface area contributed by atoms with Crippen LogP contribution in [0.4, 0.5) is 5.82 Å². The highest BCUT2D eigenvalue weighted by Gasteiger charge is 2.39. The third-order valence-corrected chi connectivity index (χ3v) is 4.52. The average molecular weight is 261 g/mol. The van der Waals surface area contributed by atoms with E-state index in [1.165, 1.54) is 25.7 Å². The number of aromatic nitrogens is 1. The Bertz CT molecular complexity index is 460. The molecule has 0 radical (unpaired) electrons. The van der Waals surface area contributed by atoms with Crippen LogP contribution in [0.3, 0.4) is 0 Å². The van der Waals surface area contributed by atoms with Crippen LogP contribution in [-0.4, -0.2) is 16.1 Å². The molecule has 0 aliphatic heterocycles. The summed E-state index contributed by atoms with van der Waals surface area (Å²) < 4.78 is 0. The molecule has 18 heavy (non-hydrogen) atoms. The molecule has 0 aromatic carbocycles. The summed E-state index contributed by atoms with van der Waals surface area (Å²) in [5, 5.41) is 7.39. The van der Waals surface area contributed by atoms with Gasteiger partial charge in [0.05, 0.1) is 0 Å². The maximum absolute atomic E-state index is 5.39.